The van der Waals surface area contributed by atoms with Gasteiger partial charge in [-0.05, 0) is 33.2 Å². The average molecular weight is 197 g/mol. The Morgan fingerprint density at radius 1 is 1.36 bits per heavy atom. The minimum absolute atomic E-state index is 0.114. The number of ketones is 1. The maximum Gasteiger partial charge on any atom is 0.146 e. The SMILES string of the molecule is CCN(C1CCCCC1)C(C)C(C)=O. The molecule has 0 aromatic carbocycles. The Morgan fingerprint density at radius 2 is 1.93 bits per heavy atom. The van der Waals surface area contributed by atoms with Crippen molar-refractivity contribution < 1.29 is 4.79 Å². The minimum atomic E-state index is 0.114. The lowest BCUT2D eigenvalue weighted by Gasteiger charge is -2.36. The number of carbonyl (C=O) groups excluding carboxylic acids is 1. The number of hydrogen-bond donors (Lipinski definition) is 0. The zero-order valence-corrected chi connectivity index (χ0v) is 9.75. The third-order valence-corrected chi connectivity index (χ3v) is 3.49. The molecule has 1 atom stereocenters. The van der Waals surface area contributed by atoms with E-state index in [0.29, 0.717) is 11.8 Å². The van der Waals surface area contributed by atoms with Gasteiger partial charge in [0.25, 0.3) is 0 Å². The largest absolute Gasteiger partial charge is 0.298 e. The van der Waals surface area contributed by atoms with Gasteiger partial charge in [-0.15, -0.1) is 0 Å². The zero-order valence-electron chi connectivity index (χ0n) is 9.75. The van der Waals surface area contributed by atoms with E-state index >= 15 is 0 Å². The summed E-state index contributed by atoms with van der Waals surface area (Å²) in [5.41, 5.74) is 0. The van der Waals surface area contributed by atoms with Crippen molar-refractivity contribution in [1.29, 1.82) is 0 Å². The van der Waals surface area contributed by atoms with Gasteiger partial charge in [-0.2, -0.15) is 0 Å². The van der Waals surface area contributed by atoms with Crippen LogP contribution in [0.1, 0.15) is 52.9 Å². The molecule has 2 nitrogen and oxygen atoms in total. The normalized spacial score (nSPS) is 21.1. The van der Waals surface area contributed by atoms with Gasteiger partial charge in [0.05, 0.1) is 6.04 Å². The zero-order chi connectivity index (χ0) is 10.6. The summed E-state index contributed by atoms with van der Waals surface area (Å²) < 4.78 is 0. The van der Waals surface area contributed by atoms with Crippen LogP contribution in [0.4, 0.5) is 0 Å². The van der Waals surface area contributed by atoms with E-state index in [1.54, 1.807) is 6.92 Å². The van der Waals surface area contributed by atoms with Gasteiger partial charge >= 0.3 is 0 Å². The van der Waals surface area contributed by atoms with Crippen molar-refractivity contribution in [2.24, 2.45) is 0 Å². The van der Waals surface area contributed by atoms with Gasteiger partial charge in [-0.25, -0.2) is 0 Å². The fourth-order valence-electron chi connectivity index (χ4n) is 2.49. The van der Waals surface area contributed by atoms with Crippen molar-refractivity contribution in [2.75, 3.05) is 6.54 Å². The molecular weight excluding hydrogens is 174 g/mol. The summed E-state index contributed by atoms with van der Waals surface area (Å²) >= 11 is 0. The Kier molecular flexibility index (Phi) is 4.59. The van der Waals surface area contributed by atoms with Gasteiger partial charge in [-0.1, -0.05) is 26.2 Å². The molecule has 0 radical (unpaired) electrons. The van der Waals surface area contributed by atoms with Crippen LogP contribution in [0.15, 0.2) is 0 Å². The van der Waals surface area contributed by atoms with Crippen molar-refractivity contribution in [1.82, 2.24) is 4.90 Å². The topological polar surface area (TPSA) is 20.3 Å². The molecule has 0 saturated heterocycles. The Bertz CT molecular complexity index is 185. The van der Waals surface area contributed by atoms with Crippen LogP contribution in [-0.2, 0) is 4.79 Å². The molecule has 0 N–H and O–H groups in total. The highest BCUT2D eigenvalue weighted by atomic mass is 16.1. The maximum absolute atomic E-state index is 11.3. The lowest BCUT2D eigenvalue weighted by atomic mass is 9.93. The van der Waals surface area contributed by atoms with Crippen molar-refractivity contribution in [3.63, 3.8) is 0 Å². The number of rotatable bonds is 4. The van der Waals surface area contributed by atoms with E-state index in [1.807, 2.05) is 6.92 Å². The Balaban J connectivity index is 2.55. The smallest absolute Gasteiger partial charge is 0.146 e. The van der Waals surface area contributed by atoms with Crippen molar-refractivity contribution in [3.8, 4) is 0 Å². The van der Waals surface area contributed by atoms with Crippen LogP contribution in [0.25, 0.3) is 0 Å². The highest BCUT2D eigenvalue weighted by Gasteiger charge is 2.25. The molecule has 1 saturated carbocycles. The molecule has 0 heterocycles. The van der Waals surface area contributed by atoms with Crippen LogP contribution >= 0.6 is 0 Å². The summed E-state index contributed by atoms with van der Waals surface area (Å²) in [6.45, 7) is 6.91. The molecular formula is C12H23NO. The number of likely N-dealkylation sites (N-methyl/N-ethyl adjacent to an activating group) is 1. The molecule has 0 aliphatic heterocycles. The Hall–Kier alpha value is -0.370. The second-order valence-electron chi connectivity index (χ2n) is 4.41. The third kappa shape index (κ3) is 2.81. The Labute approximate surface area is 87.7 Å². The molecule has 0 amide bonds. The molecule has 0 aromatic heterocycles. The van der Waals surface area contributed by atoms with E-state index < -0.39 is 0 Å². The number of hydrogen-bond acceptors (Lipinski definition) is 2. The second kappa shape index (κ2) is 5.50. The molecule has 1 aliphatic rings. The fourth-order valence-corrected chi connectivity index (χ4v) is 2.49. The van der Waals surface area contributed by atoms with Gasteiger partial charge < -0.3 is 0 Å². The standard InChI is InChI=1S/C12H23NO/c1-4-13(10(2)11(3)14)12-8-6-5-7-9-12/h10,12H,4-9H2,1-3H3. The monoisotopic (exact) mass is 197 g/mol. The van der Waals surface area contributed by atoms with Crippen molar-refractivity contribution in [3.05, 3.63) is 0 Å². The third-order valence-electron chi connectivity index (χ3n) is 3.49. The van der Waals surface area contributed by atoms with Gasteiger partial charge in [0.1, 0.15) is 5.78 Å². The molecule has 1 unspecified atom stereocenters. The second-order valence-corrected chi connectivity index (χ2v) is 4.41. The van der Waals surface area contributed by atoms with Gasteiger partial charge in [0.2, 0.25) is 0 Å². The lowest BCUT2D eigenvalue weighted by Crippen LogP contribution is -2.45. The molecule has 0 spiro atoms. The number of Topliss-reactive ketones (excluding diaryl/α,β-unsaturated/α-hetero) is 1. The lowest BCUT2D eigenvalue weighted by molar-refractivity contribution is -0.122. The molecule has 1 aliphatic carbocycles. The van der Waals surface area contributed by atoms with Crippen LogP contribution in [0.5, 0.6) is 0 Å². The Morgan fingerprint density at radius 3 is 2.36 bits per heavy atom. The maximum atomic E-state index is 11.3. The summed E-state index contributed by atoms with van der Waals surface area (Å²) in [5, 5.41) is 0. The number of nitrogens with zero attached hydrogens (tertiary/aromatic N) is 1. The van der Waals surface area contributed by atoms with E-state index in [9.17, 15) is 4.79 Å². The summed E-state index contributed by atoms with van der Waals surface area (Å²) in [7, 11) is 0. The van der Waals surface area contributed by atoms with E-state index in [-0.39, 0.29) is 6.04 Å². The molecule has 0 bridgehead atoms. The first-order valence-corrected chi connectivity index (χ1v) is 5.93. The summed E-state index contributed by atoms with van der Waals surface area (Å²) in [6.07, 6.45) is 6.62. The first-order chi connectivity index (χ1) is 6.66. The molecule has 0 aromatic rings. The van der Waals surface area contributed by atoms with Crippen LogP contribution < -0.4 is 0 Å². The summed E-state index contributed by atoms with van der Waals surface area (Å²) in [5.74, 6) is 0.303. The average Bonchev–Trinajstić information content (AvgIpc) is 2.20. The van der Waals surface area contributed by atoms with Crippen LogP contribution in [0.2, 0.25) is 0 Å². The fraction of sp³-hybridized carbons (Fsp3) is 0.917. The van der Waals surface area contributed by atoms with Gasteiger partial charge in [0, 0.05) is 6.04 Å². The molecule has 2 heteroatoms. The first-order valence-electron chi connectivity index (χ1n) is 5.93. The molecule has 1 rings (SSSR count). The minimum Gasteiger partial charge on any atom is -0.298 e. The number of carbonyl (C=O) groups is 1. The van der Waals surface area contributed by atoms with E-state index in [0.717, 1.165) is 6.54 Å². The van der Waals surface area contributed by atoms with Crippen LogP contribution in [0.3, 0.4) is 0 Å². The highest BCUT2D eigenvalue weighted by Crippen LogP contribution is 2.24. The van der Waals surface area contributed by atoms with Gasteiger partial charge in [-0.3, -0.25) is 9.69 Å². The predicted octanol–water partition coefficient (Wildman–Crippen LogP) is 2.62. The summed E-state index contributed by atoms with van der Waals surface area (Å²) in [6, 6.07) is 0.774. The van der Waals surface area contributed by atoms with E-state index in [1.165, 1.54) is 32.1 Å². The molecule has 14 heavy (non-hydrogen) atoms. The first kappa shape index (κ1) is 11.7. The highest BCUT2D eigenvalue weighted by molar-refractivity contribution is 5.80. The van der Waals surface area contributed by atoms with Crippen LogP contribution in [-0.4, -0.2) is 29.3 Å². The molecule has 1 fully saturated rings. The predicted molar refractivity (Wildman–Crippen MR) is 59.4 cm³/mol. The van der Waals surface area contributed by atoms with E-state index in [2.05, 4.69) is 11.8 Å². The van der Waals surface area contributed by atoms with E-state index in [4.69, 9.17) is 0 Å². The van der Waals surface area contributed by atoms with Crippen LogP contribution in [0, 0.1) is 0 Å². The quantitative estimate of drug-likeness (QED) is 0.690. The van der Waals surface area contributed by atoms with Crippen molar-refractivity contribution in [2.45, 2.75) is 65.0 Å². The van der Waals surface area contributed by atoms with Gasteiger partial charge in [0.15, 0.2) is 0 Å². The molecule has 82 valence electrons. The van der Waals surface area contributed by atoms with Crippen molar-refractivity contribution >= 4 is 5.78 Å². The summed E-state index contributed by atoms with van der Waals surface area (Å²) in [4.78, 5) is 13.7.